The zero-order valence-corrected chi connectivity index (χ0v) is 70.7. The van der Waals surface area contributed by atoms with Crippen LogP contribution in [0.25, 0.3) is 33.4 Å². The Hall–Kier alpha value is -6.19. The van der Waals surface area contributed by atoms with Crippen LogP contribution in [-0.2, 0) is 19.2 Å². The number of carbonyl (C=O) groups excluding carboxylic acids is 5. The number of aliphatic imine (C=N–C) groups is 1. The third kappa shape index (κ3) is 22.5. The molecule has 12 rings (SSSR count). The minimum absolute atomic E-state index is 0.00130. The van der Waals surface area contributed by atoms with Gasteiger partial charge in [0.05, 0.1) is 104 Å². The number of H-pyrrole nitrogens is 1. The molecule has 13 nitrogen and oxygen atoms in total. The average molecular weight is 1750 g/mol. The summed E-state index contributed by atoms with van der Waals surface area (Å²) in [5, 5.41) is 19.2. The topological polar surface area (TPSA) is 159 Å². The molecule has 7 aromatic rings. The summed E-state index contributed by atoms with van der Waals surface area (Å²) < 4.78 is 4.66. The Morgan fingerprint density at radius 1 is 0.434 bits per heavy atom. The standard InChI is InChI=1S/C30H34Br2N2O2S2.C30H36N2O2S2.C14H8N2O2S2.C8H15Br.BHNS/c1-3-5-7-9-11-13-19-33-27(21-15-17-23(31)37-21)25-26(29(33)35)28(22-16-18-24(32)38-22)34(30(25)36)20-14-12-10-8-6-4-2;1-3-5-7-9-11-13-19-31-27(23-17-15-21-35-23)25-26(29(31)33)28(24-18-16-22-36-24)32(30(25)34)20-14-12-10-8-6-4-2;17-13-9-10(12(16-13)8-4-2-6-20-8)14(18)15-11(9)7-3-1-5-19-7;1-2-3-4-5-6-7-8-9;1-2-3/h3-4,15-18H,1-2,5-14,19-20H2;3-4,15-18,21-22H,1-2,5-14,19-20H2;1-6,15,18H;2H,1,3-8H2;3H. The number of fused-ring (bicyclic) bond motifs is 3. The summed E-state index contributed by atoms with van der Waals surface area (Å²) in [5.41, 5.74) is 7.69. The number of hydrogen-bond donors (Lipinski definition) is 3. The molecule has 2 N–H and O–H groups in total. The number of halogens is 3. The summed E-state index contributed by atoms with van der Waals surface area (Å²) in [6.45, 7) is 21.4. The van der Waals surface area contributed by atoms with Gasteiger partial charge in [0.25, 0.3) is 29.5 Å². The van der Waals surface area contributed by atoms with E-state index in [0.29, 0.717) is 71.0 Å². The van der Waals surface area contributed by atoms with Gasteiger partial charge in [-0.05, 0) is 198 Å². The van der Waals surface area contributed by atoms with E-state index in [-0.39, 0.29) is 35.4 Å². The van der Waals surface area contributed by atoms with Gasteiger partial charge < -0.3 is 29.7 Å². The first-order chi connectivity index (χ1) is 51.7. The van der Waals surface area contributed by atoms with E-state index >= 15 is 0 Å². The first-order valence-electron chi connectivity index (χ1n) is 36.4. The molecule has 0 bridgehead atoms. The van der Waals surface area contributed by atoms with E-state index in [9.17, 15) is 29.1 Å². The molecule has 559 valence electrons. The minimum atomic E-state index is -0.302. The monoisotopic (exact) mass is 1740 g/mol. The second-order valence-corrected chi connectivity index (χ2v) is 35.2. The fourth-order valence-corrected chi connectivity index (χ4v) is 19.4. The van der Waals surface area contributed by atoms with E-state index in [1.165, 1.54) is 54.8 Å². The van der Waals surface area contributed by atoms with Crippen LogP contribution in [0.2, 0.25) is 0 Å². The van der Waals surface area contributed by atoms with Gasteiger partial charge in [0.15, 0.2) is 5.88 Å². The van der Waals surface area contributed by atoms with Gasteiger partial charge in [0.2, 0.25) is 0 Å². The van der Waals surface area contributed by atoms with Crippen molar-refractivity contribution in [2.24, 2.45) is 9.29 Å². The molecule has 1 radical (unpaired) electrons. The van der Waals surface area contributed by atoms with Crippen LogP contribution in [-0.4, -0.2) is 104 Å². The Morgan fingerprint density at radius 2 is 0.736 bits per heavy atom. The predicted molar refractivity (Wildman–Crippen MR) is 465 cm³/mol. The van der Waals surface area contributed by atoms with Crippen molar-refractivity contribution in [3.05, 3.63) is 223 Å². The zero-order chi connectivity index (χ0) is 75.7. The number of aromatic amines is 1. The molecule has 0 spiro atoms. The summed E-state index contributed by atoms with van der Waals surface area (Å²) in [5.74, 6) is -0.446. The summed E-state index contributed by atoms with van der Waals surface area (Å²) >= 11 is 23.1. The zero-order valence-electron chi connectivity index (χ0n) is 60.2. The second kappa shape index (κ2) is 45.7. The van der Waals surface area contributed by atoms with Gasteiger partial charge in [0, 0.05) is 31.5 Å². The van der Waals surface area contributed by atoms with Crippen LogP contribution in [0.4, 0.5) is 0 Å². The quantitative estimate of drug-likeness (QED) is 0.0114. The number of aromatic hydroxyl groups is 1. The van der Waals surface area contributed by atoms with Crippen molar-refractivity contribution in [2.45, 2.75) is 161 Å². The summed E-state index contributed by atoms with van der Waals surface area (Å²) in [7, 11) is 4.34. The SMILES string of the molecule is C=CCCCCCCBr.C=CCCCCCCN1C(=O)C2=C(c3ccc(Br)s3)N(CCCCCCC=C)C(=O)C2=C1c1ccc(Br)s1.C=CCCCCCCN1C(=O)C2=C(c3cccs3)N(CCCCCCC=C)C(=O)C2=C1c1cccs1.O=C1N=C(c2cccs2)c2c(O)[nH]c(-c3cccs3)c21.[B]=NS. The number of hydrogen-bond acceptors (Lipinski definition) is 14. The third-order valence-electron chi connectivity index (χ3n) is 18.1. The van der Waals surface area contributed by atoms with Gasteiger partial charge in [-0.15, -0.1) is 101 Å². The van der Waals surface area contributed by atoms with Gasteiger partial charge in [-0.2, -0.15) is 0 Å². The van der Waals surface area contributed by atoms with Crippen LogP contribution >= 0.6 is 129 Å². The van der Waals surface area contributed by atoms with Crippen molar-refractivity contribution in [1.82, 2.24) is 24.6 Å². The number of nitrogens with zero attached hydrogens (tertiary/aromatic N) is 6. The van der Waals surface area contributed by atoms with Gasteiger partial charge in [0.1, 0.15) is 0 Å². The molecule has 7 aromatic heterocycles. The maximum atomic E-state index is 14.1. The first kappa shape index (κ1) is 85.4. The van der Waals surface area contributed by atoms with Crippen LogP contribution in [0.1, 0.15) is 201 Å². The molecule has 12 heterocycles. The second-order valence-electron chi connectivity index (χ2n) is 25.5. The van der Waals surface area contributed by atoms with Gasteiger partial charge in [-0.1, -0.05) is 135 Å². The molecule has 0 aliphatic carbocycles. The number of unbranched alkanes of at least 4 members (excludes halogenated alkanes) is 20. The van der Waals surface area contributed by atoms with Crippen LogP contribution in [0.15, 0.2) is 197 Å². The molecule has 0 aromatic carbocycles. The molecular weight excluding hydrogens is 1650 g/mol. The Kier molecular flexibility index (Phi) is 36.8. The third-order valence-corrected chi connectivity index (χ3v) is 25.4. The van der Waals surface area contributed by atoms with Gasteiger partial charge in [-0.3, -0.25) is 24.0 Å². The van der Waals surface area contributed by atoms with E-state index in [2.05, 4.69) is 115 Å². The summed E-state index contributed by atoms with van der Waals surface area (Å²) in [6, 6.07) is 23.7. The van der Waals surface area contributed by atoms with Crippen molar-refractivity contribution in [1.29, 1.82) is 0 Å². The van der Waals surface area contributed by atoms with Crippen LogP contribution in [0.5, 0.6) is 5.88 Å². The van der Waals surface area contributed by atoms with Crippen LogP contribution in [0, 0.1) is 0 Å². The number of nitrogens with one attached hydrogen (secondary N) is 1. The molecule has 0 fully saturated rings. The fraction of sp³-hybridized carbons (Fsp3) is 0.366. The number of thiol groups is 1. The molecule has 106 heavy (non-hydrogen) atoms. The van der Waals surface area contributed by atoms with E-state index in [0.717, 1.165) is 193 Å². The molecule has 0 atom stereocenters. The number of aromatic nitrogens is 1. The molecule has 24 heteroatoms. The van der Waals surface area contributed by atoms with Crippen molar-refractivity contribution < 1.29 is 29.1 Å². The van der Waals surface area contributed by atoms with Crippen molar-refractivity contribution in [3.8, 4) is 16.5 Å². The van der Waals surface area contributed by atoms with E-state index in [1.54, 1.807) is 45.3 Å². The van der Waals surface area contributed by atoms with E-state index in [1.807, 2.05) is 144 Å². The molecule has 5 aliphatic rings. The number of rotatable bonds is 40. The molecule has 0 saturated carbocycles. The Morgan fingerprint density at radius 3 is 1.03 bits per heavy atom. The Balaban J connectivity index is 0.000000192. The molecule has 0 unspecified atom stereocenters. The normalized spacial score (nSPS) is 14.2. The maximum absolute atomic E-state index is 14.1. The van der Waals surface area contributed by atoms with Gasteiger partial charge in [-0.25, -0.2) is 4.99 Å². The van der Waals surface area contributed by atoms with E-state index in [4.69, 9.17) is 0 Å². The van der Waals surface area contributed by atoms with Gasteiger partial charge >= 0.3 is 24.8 Å². The number of carbonyl (C=O) groups is 5. The van der Waals surface area contributed by atoms with E-state index < -0.39 is 0 Å². The first-order valence-corrected chi connectivity index (χ1v) is 44.7. The summed E-state index contributed by atoms with van der Waals surface area (Å²) in [4.78, 5) is 88.4. The van der Waals surface area contributed by atoms with Crippen LogP contribution in [0.3, 0.4) is 0 Å². The van der Waals surface area contributed by atoms with Crippen molar-refractivity contribution >= 4 is 194 Å². The Labute approximate surface area is 682 Å². The number of thiophene rings is 6. The molecule has 5 amide bonds. The average Bonchev–Trinajstić information content (AvgIpc) is 1.49. The number of amides is 5. The van der Waals surface area contributed by atoms with Crippen molar-refractivity contribution in [3.63, 3.8) is 0 Å². The molecule has 0 saturated heterocycles. The van der Waals surface area contributed by atoms with Crippen molar-refractivity contribution in [2.75, 3.05) is 31.5 Å². The fourth-order valence-electron chi connectivity index (χ4n) is 13.1. The number of allylic oxidation sites excluding steroid dienone is 5. The Bertz CT molecular complexity index is 4090. The van der Waals surface area contributed by atoms with Crippen LogP contribution < -0.4 is 0 Å². The predicted octanol–water partition coefficient (Wildman–Crippen LogP) is 24.5. The molecular formula is C82H94BBr3N7O6S7. The summed E-state index contributed by atoms with van der Waals surface area (Å²) in [6.07, 6.45) is 37.3. The molecule has 5 aliphatic heterocycles. The number of alkyl halides is 1.